The van der Waals surface area contributed by atoms with Crippen molar-refractivity contribution >= 4 is 34.2 Å². The molecule has 17 heavy (non-hydrogen) atoms. The third-order valence-corrected chi connectivity index (χ3v) is 3.47. The molecule has 0 saturated carbocycles. The molecule has 1 aromatic heterocycles. The van der Waals surface area contributed by atoms with Crippen molar-refractivity contribution in [3.63, 3.8) is 0 Å². The molecule has 0 spiro atoms. The second kappa shape index (κ2) is 4.10. The van der Waals surface area contributed by atoms with Gasteiger partial charge in [-0.2, -0.15) is 0 Å². The van der Waals surface area contributed by atoms with Crippen molar-refractivity contribution in [2.24, 2.45) is 10.7 Å². The first-order valence-electron chi connectivity index (χ1n) is 5.35. The number of nitrogens with zero attached hydrogens (tertiary/aromatic N) is 2. The first-order chi connectivity index (χ1) is 8.24. The van der Waals surface area contributed by atoms with Crippen LogP contribution in [0.2, 0.25) is 0 Å². The number of amidine groups is 1. The predicted molar refractivity (Wildman–Crippen MR) is 75.3 cm³/mol. The molecule has 0 bridgehead atoms. The highest BCUT2D eigenvalue weighted by molar-refractivity contribution is 14.1. The Balaban J connectivity index is 2.24. The molecule has 0 atom stereocenters. The van der Waals surface area contributed by atoms with Crippen molar-refractivity contribution in [1.82, 2.24) is 0 Å². The molecule has 0 radical (unpaired) electrons. The number of aromatic nitrogens is 1. The van der Waals surface area contributed by atoms with E-state index in [9.17, 15) is 0 Å². The van der Waals surface area contributed by atoms with E-state index in [1.807, 2.05) is 30.3 Å². The molecule has 1 aliphatic rings. The normalized spacial score (nSPS) is 13.4. The van der Waals surface area contributed by atoms with E-state index in [4.69, 9.17) is 5.73 Å². The Morgan fingerprint density at radius 2 is 2.00 bits per heavy atom. The van der Waals surface area contributed by atoms with Crippen molar-refractivity contribution in [2.45, 2.75) is 6.54 Å². The average Bonchev–Trinajstić information content (AvgIpc) is 2.46. The molecule has 2 heterocycles. The summed E-state index contributed by atoms with van der Waals surface area (Å²) >= 11 is 2.30. The second-order valence-electron chi connectivity index (χ2n) is 3.99. The van der Waals surface area contributed by atoms with Gasteiger partial charge in [-0.3, -0.25) is 0 Å². The second-order valence-corrected chi connectivity index (χ2v) is 5.23. The van der Waals surface area contributed by atoms with E-state index in [0.717, 1.165) is 17.9 Å². The number of nitrogens with two attached hydrogens (primary N) is 1. The van der Waals surface area contributed by atoms with Crippen LogP contribution in [0.15, 0.2) is 47.6 Å². The van der Waals surface area contributed by atoms with Crippen molar-refractivity contribution in [3.8, 4) is 0 Å². The number of aliphatic imine (C=N–C) groups is 1. The standard InChI is InChI=1S/C13H10IN3/c14-10-5-6-12-16-13(15)11-4-2-1-3-9(11)7-17(12)8-10/h1-6,8,15H,7H2/p+1. The van der Waals surface area contributed by atoms with Crippen LogP contribution in [0.4, 0.5) is 5.82 Å². The summed E-state index contributed by atoms with van der Waals surface area (Å²) in [6, 6.07) is 12.2. The Morgan fingerprint density at radius 3 is 2.88 bits per heavy atom. The minimum Gasteiger partial charge on any atom is -0.362 e. The van der Waals surface area contributed by atoms with Gasteiger partial charge in [-0.15, -0.1) is 0 Å². The SMILES string of the molecule is NC1=Nc2ccc(I)c[n+]2Cc2ccccc21. The van der Waals surface area contributed by atoms with E-state index >= 15 is 0 Å². The van der Waals surface area contributed by atoms with Gasteiger partial charge in [0.05, 0.1) is 9.13 Å². The Morgan fingerprint density at radius 1 is 1.18 bits per heavy atom. The summed E-state index contributed by atoms with van der Waals surface area (Å²) in [6.07, 6.45) is 2.09. The third-order valence-electron chi connectivity index (χ3n) is 2.83. The van der Waals surface area contributed by atoms with Gasteiger partial charge in [-0.05, 0) is 39.7 Å². The van der Waals surface area contributed by atoms with Gasteiger partial charge in [0.2, 0.25) is 5.84 Å². The van der Waals surface area contributed by atoms with E-state index in [2.05, 4.69) is 44.4 Å². The van der Waals surface area contributed by atoms with Crippen LogP contribution in [0.3, 0.4) is 0 Å². The molecule has 0 fully saturated rings. The summed E-state index contributed by atoms with van der Waals surface area (Å²) < 4.78 is 3.32. The van der Waals surface area contributed by atoms with Crippen LogP contribution >= 0.6 is 22.6 Å². The van der Waals surface area contributed by atoms with E-state index in [0.29, 0.717) is 5.84 Å². The van der Waals surface area contributed by atoms with E-state index in [1.54, 1.807) is 0 Å². The maximum atomic E-state index is 6.03. The summed E-state index contributed by atoms with van der Waals surface area (Å²) in [6.45, 7) is 0.812. The fourth-order valence-corrected chi connectivity index (χ4v) is 2.53. The van der Waals surface area contributed by atoms with E-state index in [1.165, 1.54) is 9.13 Å². The Bertz CT molecular complexity index is 620. The van der Waals surface area contributed by atoms with Crippen molar-refractivity contribution < 1.29 is 4.57 Å². The monoisotopic (exact) mass is 336 g/mol. The van der Waals surface area contributed by atoms with Gasteiger partial charge in [-0.25, -0.2) is 4.57 Å². The lowest BCUT2D eigenvalue weighted by Gasteiger charge is -2.03. The molecule has 1 aliphatic heterocycles. The van der Waals surface area contributed by atoms with Crippen LogP contribution in [0, 0.1) is 3.57 Å². The fourth-order valence-electron chi connectivity index (χ4n) is 2.01. The van der Waals surface area contributed by atoms with Gasteiger partial charge in [0.25, 0.3) is 0 Å². The van der Waals surface area contributed by atoms with E-state index in [-0.39, 0.29) is 0 Å². The Labute approximate surface area is 113 Å². The largest absolute Gasteiger partial charge is 0.362 e. The molecule has 0 saturated heterocycles. The van der Waals surface area contributed by atoms with Crippen LogP contribution in [-0.2, 0) is 6.54 Å². The van der Waals surface area contributed by atoms with Crippen LogP contribution in [0.25, 0.3) is 0 Å². The Kier molecular flexibility index (Phi) is 2.58. The average molecular weight is 336 g/mol. The zero-order valence-electron chi connectivity index (χ0n) is 9.10. The molecule has 4 heteroatoms. The van der Waals surface area contributed by atoms with Crippen molar-refractivity contribution in [1.29, 1.82) is 0 Å². The maximum absolute atomic E-state index is 6.03. The number of benzene rings is 1. The topological polar surface area (TPSA) is 42.3 Å². The molecule has 0 aliphatic carbocycles. The lowest BCUT2D eigenvalue weighted by atomic mass is 10.1. The van der Waals surface area contributed by atoms with E-state index < -0.39 is 0 Å². The molecule has 1 aromatic carbocycles. The quantitative estimate of drug-likeness (QED) is 0.580. The van der Waals surface area contributed by atoms with Crippen LogP contribution in [-0.4, -0.2) is 5.84 Å². The van der Waals surface area contributed by atoms with Crippen molar-refractivity contribution in [2.75, 3.05) is 0 Å². The minimum absolute atomic E-state index is 0.591. The lowest BCUT2D eigenvalue weighted by Crippen LogP contribution is -2.34. The number of hydrogen-bond donors (Lipinski definition) is 1. The van der Waals surface area contributed by atoms with Gasteiger partial charge >= 0.3 is 5.82 Å². The van der Waals surface area contributed by atoms with Gasteiger partial charge in [0.1, 0.15) is 12.7 Å². The summed E-state index contributed by atoms with van der Waals surface area (Å²) in [5, 5.41) is 0. The summed E-state index contributed by atoms with van der Waals surface area (Å²) in [4.78, 5) is 4.48. The summed E-state index contributed by atoms with van der Waals surface area (Å²) in [5.41, 5.74) is 8.28. The summed E-state index contributed by atoms with van der Waals surface area (Å²) in [5.74, 6) is 1.49. The highest BCUT2D eigenvalue weighted by Gasteiger charge is 2.20. The molecule has 2 aromatic rings. The lowest BCUT2D eigenvalue weighted by molar-refractivity contribution is -0.675. The zero-order chi connectivity index (χ0) is 11.8. The first-order valence-corrected chi connectivity index (χ1v) is 6.43. The molecular weight excluding hydrogens is 325 g/mol. The fraction of sp³-hybridized carbons (Fsp3) is 0.0769. The maximum Gasteiger partial charge on any atom is 0.325 e. The highest BCUT2D eigenvalue weighted by Crippen LogP contribution is 2.17. The number of fused-ring (bicyclic) bond motifs is 2. The molecule has 0 amide bonds. The summed E-state index contributed by atoms with van der Waals surface area (Å²) in [7, 11) is 0. The predicted octanol–water partition coefficient (Wildman–Crippen LogP) is 1.98. The number of halogens is 1. The number of pyridine rings is 1. The Hall–Kier alpha value is -1.43. The van der Waals surface area contributed by atoms with Gasteiger partial charge in [-0.1, -0.05) is 18.2 Å². The number of hydrogen-bond acceptors (Lipinski definition) is 2. The van der Waals surface area contributed by atoms with Gasteiger partial charge < -0.3 is 5.73 Å². The third kappa shape index (κ3) is 1.93. The molecule has 84 valence electrons. The molecular formula is C13H11IN3+. The molecule has 0 unspecified atom stereocenters. The van der Waals surface area contributed by atoms with Crippen LogP contribution in [0.5, 0.6) is 0 Å². The van der Waals surface area contributed by atoms with Crippen LogP contribution in [0.1, 0.15) is 11.1 Å². The highest BCUT2D eigenvalue weighted by atomic mass is 127. The number of rotatable bonds is 0. The van der Waals surface area contributed by atoms with Gasteiger partial charge in [0.15, 0.2) is 0 Å². The molecule has 2 N–H and O–H groups in total. The molecule has 3 nitrogen and oxygen atoms in total. The molecule has 3 rings (SSSR count). The smallest absolute Gasteiger partial charge is 0.325 e. The van der Waals surface area contributed by atoms with Crippen molar-refractivity contribution in [3.05, 3.63) is 57.3 Å². The first kappa shape index (κ1) is 10.7. The minimum atomic E-state index is 0.591. The van der Waals surface area contributed by atoms with Crippen LogP contribution < -0.4 is 10.3 Å². The van der Waals surface area contributed by atoms with Gasteiger partial charge in [0, 0.05) is 11.6 Å². The zero-order valence-corrected chi connectivity index (χ0v) is 11.3.